The van der Waals surface area contributed by atoms with E-state index in [0.29, 0.717) is 61.3 Å². The van der Waals surface area contributed by atoms with E-state index < -0.39 is 29.6 Å². The van der Waals surface area contributed by atoms with Gasteiger partial charge in [0.2, 0.25) is 11.7 Å². The predicted molar refractivity (Wildman–Crippen MR) is 174 cm³/mol. The first-order valence-corrected chi connectivity index (χ1v) is 15.6. The smallest absolute Gasteiger partial charge is 0.342 e. The zero-order valence-corrected chi connectivity index (χ0v) is 27.5. The minimum Gasteiger partial charge on any atom is -0.507 e. The van der Waals surface area contributed by atoms with E-state index in [-0.39, 0.29) is 41.2 Å². The Hall–Kier alpha value is -5.00. The van der Waals surface area contributed by atoms with Crippen LogP contribution in [-0.2, 0) is 20.9 Å². The molecule has 0 bridgehead atoms. The van der Waals surface area contributed by atoms with Crippen LogP contribution in [0.15, 0.2) is 30.5 Å². The molecule has 1 aliphatic heterocycles. The predicted octanol–water partition coefficient (Wildman–Crippen LogP) is 5.48. The maximum atomic E-state index is 13.7. The fraction of sp³-hybridized carbons (Fsp3) is 0.429. The second kappa shape index (κ2) is 16.0. The maximum Gasteiger partial charge on any atom is 0.342 e. The second-order valence-corrected chi connectivity index (χ2v) is 11.6. The van der Waals surface area contributed by atoms with Crippen molar-refractivity contribution < 1.29 is 43.5 Å². The number of benzene rings is 2. The number of fused-ring (bicyclic) bond motifs is 1. The highest BCUT2D eigenvalue weighted by Crippen LogP contribution is 2.47. The number of hydrogen-bond acceptors (Lipinski definition) is 10. The van der Waals surface area contributed by atoms with Crippen LogP contribution < -0.4 is 19.5 Å². The number of rotatable bonds is 9. The number of H-pyrrole nitrogens is 1. The number of aromatic hydroxyl groups is 2. The number of hydrogen-bond donors (Lipinski definition) is 4. The number of esters is 1. The normalized spacial score (nSPS) is 17.1. The number of aromatic nitrogens is 2. The summed E-state index contributed by atoms with van der Waals surface area (Å²) in [4.78, 5) is 39.3. The molecule has 252 valence electrons. The minimum absolute atomic E-state index is 0.0441. The number of ketones is 1. The number of phenolic OH excluding ortho intramolecular Hbond substituents is 2. The van der Waals surface area contributed by atoms with Crippen molar-refractivity contribution in [3.8, 4) is 28.7 Å². The topological polar surface area (TPSA) is 169 Å². The number of methoxy groups -OCH3 is 3. The summed E-state index contributed by atoms with van der Waals surface area (Å²) in [7, 11) is 4.37. The highest BCUT2D eigenvalue weighted by atomic mass is 16.5. The van der Waals surface area contributed by atoms with E-state index in [1.165, 1.54) is 27.4 Å². The summed E-state index contributed by atoms with van der Waals surface area (Å²) in [5.74, 6) is -1.93. The number of allylic oxidation sites excluding steroid dienone is 1. The fourth-order valence-corrected chi connectivity index (χ4v) is 5.71. The number of cyclic esters (lactones) is 1. The van der Waals surface area contributed by atoms with Crippen LogP contribution in [0.1, 0.15) is 96.1 Å². The van der Waals surface area contributed by atoms with Crippen LogP contribution in [0.2, 0.25) is 0 Å². The number of nitrogens with one attached hydrogen (secondary N) is 2. The van der Waals surface area contributed by atoms with Gasteiger partial charge in [0.1, 0.15) is 22.8 Å². The third-order valence-corrected chi connectivity index (χ3v) is 8.29. The minimum atomic E-state index is -0.979. The molecule has 0 aliphatic carbocycles. The van der Waals surface area contributed by atoms with Crippen LogP contribution in [-0.4, -0.2) is 65.5 Å². The Balaban J connectivity index is 1.85. The molecule has 0 saturated heterocycles. The number of aromatic amines is 1. The SMILES string of the molecule is COc1cc(C(CC(=O)NCc2cn[nH]c2C)c2c(O)cc3c(c2O)C(=O)O[C@@H](C)CCCC(=O)CCC/C=C/3)cc(OC)c1OC. The number of carbonyl (C=O) groups excluding carboxylic acids is 3. The van der Waals surface area contributed by atoms with E-state index in [1.54, 1.807) is 37.4 Å². The van der Waals surface area contributed by atoms with E-state index in [4.69, 9.17) is 18.9 Å². The lowest BCUT2D eigenvalue weighted by molar-refractivity contribution is -0.121. The quantitative estimate of drug-likeness (QED) is 0.218. The van der Waals surface area contributed by atoms with Gasteiger partial charge in [0.05, 0.1) is 33.6 Å². The molecule has 1 unspecified atom stereocenters. The fourth-order valence-electron chi connectivity index (χ4n) is 5.71. The number of amides is 1. The lowest BCUT2D eigenvalue weighted by atomic mass is 9.84. The Morgan fingerprint density at radius 3 is 2.43 bits per heavy atom. The van der Waals surface area contributed by atoms with Gasteiger partial charge >= 0.3 is 5.97 Å². The monoisotopic (exact) mass is 649 g/mol. The maximum absolute atomic E-state index is 13.7. The molecule has 0 spiro atoms. The van der Waals surface area contributed by atoms with Gasteiger partial charge in [-0.1, -0.05) is 12.2 Å². The largest absolute Gasteiger partial charge is 0.507 e. The average Bonchev–Trinajstić information content (AvgIpc) is 3.45. The van der Waals surface area contributed by atoms with E-state index in [9.17, 15) is 24.6 Å². The van der Waals surface area contributed by atoms with Crippen molar-refractivity contribution in [3.05, 3.63) is 64.0 Å². The van der Waals surface area contributed by atoms with E-state index in [1.807, 2.05) is 6.92 Å². The summed E-state index contributed by atoms with van der Waals surface area (Å²) >= 11 is 0. The zero-order chi connectivity index (χ0) is 34.1. The first-order chi connectivity index (χ1) is 22.6. The van der Waals surface area contributed by atoms with Gasteiger partial charge in [-0.15, -0.1) is 0 Å². The van der Waals surface area contributed by atoms with Gasteiger partial charge in [0, 0.05) is 48.5 Å². The summed E-state index contributed by atoms with van der Waals surface area (Å²) in [6.07, 6.45) is 7.35. The van der Waals surface area contributed by atoms with Crippen molar-refractivity contribution >= 4 is 23.7 Å². The summed E-state index contributed by atoms with van der Waals surface area (Å²) in [5.41, 5.74) is 2.11. The first-order valence-electron chi connectivity index (χ1n) is 15.6. The van der Waals surface area contributed by atoms with Gasteiger partial charge in [-0.2, -0.15) is 5.10 Å². The molecule has 2 aromatic carbocycles. The van der Waals surface area contributed by atoms with Gasteiger partial charge in [-0.05, 0) is 68.9 Å². The number of Topliss-reactive ketones (excluding diaryl/α,β-unsaturated/α-hetero) is 1. The number of aryl methyl sites for hydroxylation is 1. The number of phenols is 2. The summed E-state index contributed by atoms with van der Waals surface area (Å²) in [5, 5.41) is 33.0. The van der Waals surface area contributed by atoms with Crippen LogP contribution in [0, 0.1) is 6.92 Å². The number of nitrogens with zero attached hydrogens (tertiary/aromatic N) is 1. The highest BCUT2D eigenvalue weighted by molar-refractivity contribution is 5.98. The molecule has 4 rings (SSSR count). The molecule has 1 aliphatic rings. The summed E-state index contributed by atoms with van der Waals surface area (Å²) < 4.78 is 22.3. The first kappa shape index (κ1) is 34.9. The van der Waals surface area contributed by atoms with Gasteiger partial charge in [-0.25, -0.2) is 4.79 Å². The Kier molecular flexibility index (Phi) is 11.9. The summed E-state index contributed by atoms with van der Waals surface area (Å²) in [6, 6.07) is 4.64. The molecular weight excluding hydrogens is 606 g/mol. The van der Waals surface area contributed by atoms with Gasteiger partial charge in [0.25, 0.3) is 0 Å². The Labute approximate surface area is 274 Å². The Bertz CT molecular complexity index is 1600. The van der Waals surface area contributed by atoms with E-state index in [0.717, 1.165) is 11.3 Å². The van der Waals surface area contributed by atoms with Crippen molar-refractivity contribution in [2.24, 2.45) is 0 Å². The third kappa shape index (κ3) is 8.43. The molecule has 2 atom stereocenters. The van der Waals surface area contributed by atoms with Crippen LogP contribution in [0.4, 0.5) is 0 Å². The average molecular weight is 650 g/mol. The van der Waals surface area contributed by atoms with Crippen molar-refractivity contribution in [1.82, 2.24) is 15.5 Å². The van der Waals surface area contributed by atoms with Crippen molar-refractivity contribution in [2.75, 3.05) is 21.3 Å². The molecule has 0 saturated carbocycles. The lowest BCUT2D eigenvalue weighted by Crippen LogP contribution is -2.25. The molecule has 0 fully saturated rings. The molecule has 1 amide bonds. The molecule has 12 nitrogen and oxygen atoms in total. The standard InChI is InChI=1S/C35H43N3O9/c1-20-10-9-13-25(39)12-8-6-7-11-22-14-27(40)32(33(42)31(22)35(43)47-20)26(17-30(41)36-18-24-19-37-38-21(24)2)23-15-28(44-3)34(46-5)29(16-23)45-4/h7,11,14-16,19-20,26,40,42H,6,8-10,12-13,17-18H2,1-5H3,(H,36,41)(H,37,38)/b11-7+/t20-,26?/m0/s1. The van der Waals surface area contributed by atoms with Crippen LogP contribution in [0.25, 0.3) is 6.08 Å². The Morgan fingerprint density at radius 2 is 1.79 bits per heavy atom. The van der Waals surface area contributed by atoms with Gasteiger partial charge < -0.3 is 34.5 Å². The molecule has 0 radical (unpaired) electrons. The zero-order valence-electron chi connectivity index (χ0n) is 27.5. The molecular formula is C35H43N3O9. The van der Waals surface area contributed by atoms with Crippen molar-refractivity contribution in [2.45, 2.75) is 77.4 Å². The molecule has 2 heterocycles. The van der Waals surface area contributed by atoms with Crippen LogP contribution in [0.3, 0.4) is 0 Å². The number of ether oxygens (including phenoxy) is 4. The van der Waals surface area contributed by atoms with Gasteiger partial charge in [-0.3, -0.25) is 14.7 Å². The molecule has 12 heteroatoms. The second-order valence-electron chi connectivity index (χ2n) is 11.6. The van der Waals surface area contributed by atoms with Crippen molar-refractivity contribution in [3.63, 3.8) is 0 Å². The lowest BCUT2D eigenvalue weighted by Gasteiger charge is -2.24. The molecule has 47 heavy (non-hydrogen) atoms. The van der Waals surface area contributed by atoms with Gasteiger partial charge in [0.15, 0.2) is 11.5 Å². The van der Waals surface area contributed by atoms with Crippen LogP contribution >= 0.6 is 0 Å². The highest BCUT2D eigenvalue weighted by Gasteiger charge is 2.32. The van der Waals surface area contributed by atoms with E-state index in [2.05, 4.69) is 15.5 Å². The molecule has 1 aromatic heterocycles. The van der Waals surface area contributed by atoms with E-state index >= 15 is 0 Å². The van der Waals surface area contributed by atoms with Crippen molar-refractivity contribution in [1.29, 1.82) is 0 Å². The van der Waals surface area contributed by atoms with Crippen LogP contribution in [0.5, 0.6) is 28.7 Å². The molecule has 3 aromatic rings. The number of carbonyl (C=O) groups is 3. The molecule has 4 N–H and O–H groups in total. The third-order valence-electron chi connectivity index (χ3n) is 8.29. The summed E-state index contributed by atoms with van der Waals surface area (Å²) in [6.45, 7) is 3.77. The Morgan fingerprint density at radius 1 is 1.09 bits per heavy atom.